The number of hydrogen-bond acceptors (Lipinski definition) is 0. The van der Waals surface area contributed by atoms with Gasteiger partial charge in [-0.05, 0) is 211 Å². The first-order chi connectivity index (χ1) is 32.3. The quantitative estimate of drug-likeness (QED) is 0.136. The van der Waals surface area contributed by atoms with Crippen LogP contribution in [0.3, 0.4) is 0 Å². The Kier molecular flexibility index (Phi) is 11.5. The highest BCUT2D eigenvalue weighted by molar-refractivity contribution is 5.99. The van der Waals surface area contributed by atoms with Crippen LogP contribution in [-0.4, -0.2) is 0 Å². The molecule has 0 nitrogen and oxygen atoms in total. The maximum atomic E-state index is 2.47. The van der Waals surface area contributed by atoms with Crippen molar-refractivity contribution < 1.29 is 0 Å². The predicted molar refractivity (Wildman–Crippen MR) is 284 cm³/mol. The summed E-state index contributed by atoms with van der Waals surface area (Å²) in [5.41, 5.74) is 29.8. The van der Waals surface area contributed by atoms with E-state index in [0.717, 1.165) is 0 Å². The number of rotatable bonds is 9. The first kappa shape index (κ1) is 42.2. The van der Waals surface area contributed by atoms with E-state index in [1.165, 1.54) is 134 Å². The summed E-state index contributed by atoms with van der Waals surface area (Å²) in [5, 5.41) is 0. The van der Waals surface area contributed by atoms with Crippen LogP contribution in [0, 0.1) is 41.5 Å². The molecule has 10 aromatic carbocycles. The molecule has 0 fully saturated rings. The van der Waals surface area contributed by atoms with Gasteiger partial charge in [-0.3, -0.25) is 0 Å². The minimum atomic E-state index is 1.18. The molecule has 0 heteroatoms. The van der Waals surface area contributed by atoms with Crippen molar-refractivity contribution in [3.05, 3.63) is 252 Å². The second kappa shape index (κ2) is 18.0. The Balaban J connectivity index is 1.37. The largest absolute Gasteiger partial charge is 0.0622 e. The fraction of sp³-hybridized carbons (Fsp3) is 0.0909. The fourth-order valence-corrected chi connectivity index (χ4v) is 10.2. The summed E-state index contributed by atoms with van der Waals surface area (Å²) < 4.78 is 0. The Hall–Kier alpha value is -7.80. The van der Waals surface area contributed by atoms with Gasteiger partial charge in [0.1, 0.15) is 0 Å². The van der Waals surface area contributed by atoms with E-state index in [1.807, 2.05) is 0 Å². The first-order valence-electron chi connectivity index (χ1n) is 23.2. The van der Waals surface area contributed by atoms with E-state index in [-0.39, 0.29) is 0 Å². The van der Waals surface area contributed by atoms with E-state index < -0.39 is 0 Å². The van der Waals surface area contributed by atoms with Crippen molar-refractivity contribution in [2.24, 2.45) is 0 Å². The van der Waals surface area contributed by atoms with Crippen LogP contribution in [0.5, 0.6) is 0 Å². The highest BCUT2D eigenvalue weighted by Gasteiger charge is 2.24. The fourth-order valence-electron chi connectivity index (χ4n) is 10.2. The average molecular weight is 847 g/mol. The van der Waals surface area contributed by atoms with Gasteiger partial charge in [0.05, 0.1) is 0 Å². The molecule has 10 rings (SSSR count). The minimum Gasteiger partial charge on any atom is -0.0622 e. The van der Waals surface area contributed by atoms with Crippen LogP contribution < -0.4 is 0 Å². The van der Waals surface area contributed by atoms with Gasteiger partial charge in [-0.15, -0.1) is 0 Å². The summed E-state index contributed by atoms with van der Waals surface area (Å²) in [4.78, 5) is 0. The van der Waals surface area contributed by atoms with Gasteiger partial charge in [-0.2, -0.15) is 0 Å². The summed E-state index contributed by atoms with van der Waals surface area (Å²) in [6, 6.07) is 80.5. The number of benzene rings is 10. The molecule has 10 aromatic rings. The summed E-state index contributed by atoms with van der Waals surface area (Å²) >= 11 is 0. The lowest BCUT2D eigenvalue weighted by Gasteiger charge is -2.24. The van der Waals surface area contributed by atoms with Crippen LogP contribution in [0.1, 0.15) is 33.4 Å². The van der Waals surface area contributed by atoms with Gasteiger partial charge < -0.3 is 0 Å². The zero-order valence-electron chi connectivity index (χ0n) is 38.8. The lowest BCUT2D eigenvalue weighted by atomic mass is 9.79. The first-order valence-corrected chi connectivity index (χ1v) is 23.2. The third-order valence-corrected chi connectivity index (χ3v) is 14.0. The zero-order chi connectivity index (χ0) is 45.3. The molecule has 0 aliphatic heterocycles. The molecule has 66 heavy (non-hydrogen) atoms. The van der Waals surface area contributed by atoms with Gasteiger partial charge in [0.25, 0.3) is 0 Å². The molecule has 0 radical (unpaired) electrons. The van der Waals surface area contributed by atoms with Crippen molar-refractivity contribution in [3.63, 3.8) is 0 Å². The van der Waals surface area contributed by atoms with Gasteiger partial charge >= 0.3 is 0 Å². The van der Waals surface area contributed by atoms with Gasteiger partial charge in [-0.1, -0.05) is 182 Å². The standard InChI is InChI=1S/C66H54/c1-43-46(4)64(52-31-19-10-20-32-52)61(40-58(43)49-25-13-7-14-26-49)55-37-56(62-41-59(50-27-15-8-16-28-50)44(2)47(5)65(62)53-33-21-11-22-34-53)39-57(38-55)63-42-60(51-29-17-9-18-30-51)45(3)48(6)66(63)54-35-23-12-24-36-54/h7-42H,1-6H3. The van der Waals surface area contributed by atoms with E-state index in [9.17, 15) is 0 Å². The Bertz CT molecular complexity index is 2970. The summed E-state index contributed by atoms with van der Waals surface area (Å²) in [6.07, 6.45) is 0. The molecule has 0 unspecified atom stereocenters. The van der Waals surface area contributed by atoms with Gasteiger partial charge in [-0.25, -0.2) is 0 Å². The molecule has 0 atom stereocenters. The van der Waals surface area contributed by atoms with Crippen molar-refractivity contribution in [1.29, 1.82) is 0 Å². The molecule has 0 N–H and O–H groups in total. The summed E-state index contributed by atoms with van der Waals surface area (Å²) in [7, 11) is 0. The van der Waals surface area contributed by atoms with E-state index >= 15 is 0 Å². The molecule has 0 amide bonds. The Morgan fingerprint density at radius 2 is 0.364 bits per heavy atom. The van der Waals surface area contributed by atoms with Crippen molar-refractivity contribution in [2.75, 3.05) is 0 Å². The molecular formula is C66H54. The Morgan fingerprint density at radius 3 is 0.576 bits per heavy atom. The maximum absolute atomic E-state index is 2.47. The summed E-state index contributed by atoms with van der Waals surface area (Å²) in [5.74, 6) is 0. The third-order valence-electron chi connectivity index (χ3n) is 14.0. The second-order valence-electron chi connectivity index (χ2n) is 17.8. The minimum absolute atomic E-state index is 1.18. The SMILES string of the molecule is Cc1c(-c2ccccc2)cc(-c2cc(-c3cc(-c4ccccc4)c(C)c(C)c3-c3ccccc3)cc(-c3cc(-c4ccccc4)c(C)c(C)c3-c3ccccc3)c2)c(-c2ccccc2)c1C. The molecule has 318 valence electrons. The van der Waals surface area contributed by atoms with Crippen LogP contribution in [0.2, 0.25) is 0 Å². The van der Waals surface area contributed by atoms with E-state index in [0.29, 0.717) is 0 Å². The molecule has 0 aromatic heterocycles. The lowest BCUT2D eigenvalue weighted by Crippen LogP contribution is -2.00. The normalized spacial score (nSPS) is 11.2. The Morgan fingerprint density at radius 1 is 0.167 bits per heavy atom. The molecule has 0 saturated heterocycles. The Labute approximate surface area is 391 Å². The number of hydrogen-bond donors (Lipinski definition) is 0. The topological polar surface area (TPSA) is 0 Å². The molecule has 0 bridgehead atoms. The zero-order valence-corrected chi connectivity index (χ0v) is 38.8. The molecule has 0 heterocycles. The van der Waals surface area contributed by atoms with Crippen LogP contribution >= 0.6 is 0 Å². The molecule has 0 aliphatic rings. The van der Waals surface area contributed by atoms with Crippen LogP contribution in [0.15, 0.2) is 218 Å². The summed E-state index contributed by atoms with van der Waals surface area (Å²) in [6.45, 7) is 13.8. The molecular weight excluding hydrogens is 793 g/mol. The van der Waals surface area contributed by atoms with Crippen LogP contribution in [-0.2, 0) is 0 Å². The molecule has 0 saturated carbocycles. The van der Waals surface area contributed by atoms with Gasteiger partial charge in [0.15, 0.2) is 0 Å². The molecule has 0 aliphatic carbocycles. The van der Waals surface area contributed by atoms with E-state index in [2.05, 4.69) is 260 Å². The highest BCUT2D eigenvalue weighted by Crippen LogP contribution is 2.49. The maximum Gasteiger partial charge on any atom is -0.00730 e. The van der Waals surface area contributed by atoms with Crippen molar-refractivity contribution in [2.45, 2.75) is 41.5 Å². The van der Waals surface area contributed by atoms with Crippen molar-refractivity contribution in [3.8, 4) is 100 Å². The third kappa shape index (κ3) is 7.80. The van der Waals surface area contributed by atoms with Gasteiger partial charge in [0.2, 0.25) is 0 Å². The highest BCUT2D eigenvalue weighted by atomic mass is 14.3. The average Bonchev–Trinajstić information content (AvgIpc) is 3.37. The predicted octanol–water partition coefficient (Wildman–Crippen LogP) is 18.5. The van der Waals surface area contributed by atoms with E-state index in [1.54, 1.807) is 0 Å². The lowest BCUT2D eigenvalue weighted by molar-refractivity contribution is 1.33. The molecule has 0 spiro atoms. The van der Waals surface area contributed by atoms with Crippen molar-refractivity contribution >= 4 is 0 Å². The van der Waals surface area contributed by atoms with Crippen molar-refractivity contribution in [1.82, 2.24) is 0 Å². The van der Waals surface area contributed by atoms with Gasteiger partial charge in [0, 0.05) is 0 Å². The monoisotopic (exact) mass is 846 g/mol. The van der Waals surface area contributed by atoms with E-state index in [4.69, 9.17) is 0 Å². The van der Waals surface area contributed by atoms with Crippen LogP contribution in [0.25, 0.3) is 100 Å². The van der Waals surface area contributed by atoms with Crippen LogP contribution in [0.4, 0.5) is 0 Å². The second-order valence-corrected chi connectivity index (χ2v) is 17.8. The smallest absolute Gasteiger partial charge is 0.00730 e.